The standard InChI is InChI=1S/C61H36S/c1-2-14-37(15-3-1)38-26-28-40(29-27-38)50-35-52-46-21-9-7-19-44(46)51(36-53(52)45-20-8-6-18-43(45)50)41-30-32-47-56(34-41)61(55-33-31-39-16-4-5-17-42(39)58(47)55)54-24-12-10-22-48(54)60-59(61)49-23-11-13-25-57(49)62-60/h1-36H. The second kappa shape index (κ2) is 12.7. The van der Waals surface area contributed by atoms with Crippen LogP contribution >= 0.6 is 11.3 Å². The summed E-state index contributed by atoms with van der Waals surface area (Å²) in [5, 5.41) is 11.6. The predicted octanol–water partition coefficient (Wildman–Crippen LogP) is 16.9. The van der Waals surface area contributed by atoms with Crippen LogP contribution in [0.1, 0.15) is 22.3 Å². The highest BCUT2D eigenvalue weighted by Gasteiger charge is 2.53. The Labute approximate surface area is 363 Å². The van der Waals surface area contributed by atoms with Crippen LogP contribution in [0.4, 0.5) is 0 Å². The van der Waals surface area contributed by atoms with E-state index in [0.29, 0.717) is 0 Å². The summed E-state index contributed by atoms with van der Waals surface area (Å²) in [6, 6.07) is 82.2. The van der Waals surface area contributed by atoms with Crippen LogP contribution in [0.5, 0.6) is 0 Å². The van der Waals surface area contributed by atoms with Crippen LogP contribution in [-0.4, -0.2) is 0 Å². The van der Waals surface area contributed by atoms with E-state index in [9.17, 15) is 0 Å². The molecule has 14 rings (SSSR count). The first-order chi connectivity index (χ1) is 30.8. The van der Waals surface area contributed by atoms with Crippen LogP contribution in [0, 0.1) is 0 Å². The van der Waals surface area contributed by atoms with Gasteiger partial charge in [0.1, 0.15) is 0 Å². The van der Waals surface area contributed by atoms with E-state index in [0.717, 1.165) is 0 Å². The molecule has 1 atom stereocenters. The van der Waals surface area contributed by atoms with Gasteiger partial charge in [-0.25, -0.2) is 0 Å². The second-order valence-electron chi connectivity index (χ2n) is 17.0. The molecule has 0 radical (unpaired) electrons. The molecule has 0 aliphatic heterocycles. The molecule has 62 heavy (non-hydrogen) atoms. The molecule has 2 aliphatic rings. The molecule has 286 valence electrons. The van der Waals surface area contributed by atoms with E-state index in [1.54, 1.807) is 0 Å². The average molecular weight is 801 g/mol. The molecule has 0 N–H and O–H groups in total. The summed E-state index contributed by atoms with van der Waals surface area (Å²) < 4.78 is 1.34. The molecule has 0 bridgehead atoms. The highest BCUT2D eigenvalue weighted by molar-refractivity contribution is 7.22. The Morgan fingerprint density at radius 2 is 0.855 bits per heavy atom. The summed E-state index contributed by atoms with van der Waals surface area (Å²) >= 11 is 1.95. The molecular formula is C61H36S. The topological polar surface area (TPSA) is 0 Å². The third-order valence-electron chi connectivity index (χ3n) is 14.1. The van der Waals surface area contributed by atoms with Gasteiger partial charge in [-0.2, -0.15) is 0 Å². The first kappa shape index (κ1) is 34.2. The molecule has 1 heteroatoms. The number of hydrogen-bond acceptors (Lipinski definition) is 1. The monoisotopic (exact) mass is 800 g/mol. The summed E-state index contributed by atoms with van der Waals surface area (Å²) in [5.41, 5.74) is 16.6. The SMILES string of the molecule is c1ccc(-c2ccc(-c3cc4c5ccccc5c(-c5ccc6c(c5)C5(c7ccccc7-c7sc8ccccc8c75)c5ccc7ccccc7c5-6)cc4c4ccccc34)cc2)cc1. The molecular weight excluding hydrogens is 765 g/mol. The zero-order valence-electron chi connectivity index (χ0n) is 33.7. The molecule has 1 unspecified atom stereocenters. The molecule has 12 aromatic rings. The molecule has 1 aromatic heterocycles. The smallest absolute Gasteiger partial charge is 0.0740 e. The largest absolute Gasteiger partial charge is 0.135 e. The lowest BCUT2D eigenvalue weighted by molar-refractivity contribution is 0.803. The van der Waals surface area contributed by atoms with E-state index in [4.69, 9.17) is 0 Å². The number of benzene rings is 11. The fourth-order valence-electron chi connectivity index (χ4n) is 11.5. The Bertz CT molecular complexity index is 3850. The van der Waals surface area contributed by atoms with E-state index >= 15 is 0 Å². The normalized spacial score (nSPS) is 14.8. The summed E-state index contributed by atoms with van der Waals surface area (Å²) in [7, 11) is 0. The lowest BCUT2D eigenvalue weighted by Gasteiger charge is -2.31. The average Bonchev–Trinajstić information content (AvgIpc) is 3.97. The van der Waals surface area contributed by atoms with Crippen LogP contribution in [0.25, 0.3) is 108 Å². The maximum atomic E-state index is 2.57. The van der Waals surface area contributed by atoms with Gasteiger partial charge in [0.05, 0.1) is 5.41 Å². The van der Waals surface area contributed by atoms with E-state index in [-0.39, 0.29) is 0 Å². The zero-order chi connectivity index (χ0) is 40.5. The van der Waals surface area contributed by atoms with Crippen molar-refractivity contribution in [1.82, 2.24) is 0 Å². The van der Waals surface area contributed by atoms with Crippen molar-refractivity contribution in [2.75, 3.05) is 0 Å². The van der Waals surface area contributed by atoms with Crippen molar-refractivity contribution in [3.05, 3.63) is 241 Å². The van der Waals surface area contributed by atoms with Crippen molar-refractivity contribution in [2.45, 2.75) is 5.41 Å². The van der Waals surface area contributed by atoms with E-state index in [1.807, 2.05) is 11.3 Å². The minimum Gasteiger partial charge on any atom is -0.135 e. The first-order valence-electron chi connectivity index (χ1n) is 21.6. The van der Waals surface area contributed by atoms with Gasteiger partial charge < -0.3 is 0 Å². The van der Waals surface area contributed by atoms with Crippen LogP contribution in [0.3, 0.4) is 0 Å². The van der Waals surface area contributed by atoms with Crippen LogP contribution in [0.15, 0.2) is 218 Å². The quantitative estimate of drug-likeness (QED) is 0.156. The maximum absolute atomic E-state index is 2.57. The van der Waals surface area contributed by atoms with E-state index in [2.05, 4.69) is 218 Å². The van der Waals surface area contributed by atoms with Crippen LogP contribution in [-0.2, 0) is 5.41 Å². The molecule has 0 amide bonds. The highest BCUT2D eigenvalue weighted by atomic mass is 32.1. The molecule has 0 saturated heterocycles. The van der Waals surface area contributed by atoms with Crippen LogP contribution in [0.2, 0.25) is 0 Å². The Kier molecular flexibility index (Phi) is 7.01. The Morgan fingerprint density at radius 1 is 0.290 bits per heavy atom. The van der Waals surface area contributed by atoms with Gasteiger partial charge in [-0.1, -0.05) is 194 Å². The van der Waals surface area contributed by atoms with Crippen LogP contribution < -0.4 is 0 Å². The van der Waals surface area contributed by atoms with Crippen molar-refractivity contribution < 1.29 is 0 Å². The van der Waals surface area contributed by atoms with Gasteiger partial charge >= 0.3 is 0 Å². The number of fused-ring (bicyclic) bond motifs is 19. The van der Waals surface area contributed by atoms with Gasteiger partial charge in [-0.05, 0) is 145 Å². The lowest BCUT2D eigenvalue weighted by atomic mass is 9.69. The second-order valence-corrected chi connectivity index (χ2v) is 18.1. The molecule has 2 aliphatic carbocycles. The molecule has 1 heterocycles. The first-order valence-corrected chi connectivity index (χ1v) is 22.4. The highest BCUT2D eigenvalue weighted by Crippen LogP contribution is 2.67. The fourth-order valence-corrected chi connectivity index (χ4v) is 12.8. The Balaban J connectivity index is 1.04. The van der Waals surface area contributed by atoms with Crippen molar-refractivity contribution in [3.8, 4) is 54.9 Å². The molecule has 11 aromatic carbocycles. The van der Waals surface area contributed by atoms with Crippen molar-refractivity contribution in [3.63, 3.8) is 0 Å². The summed E-state index contributed by atoms with van der Waals surface area (Å²) in [4.78, 5) is 1.40. The minimum absolute atomic E-state index is 0.458. The third kappa shape index (κ3) is 4.50. The number of hydrogen-bond donors (Lipinski definition) is 0. The van der Waals surface area contributed by atoms with Crippen molar-refractivity contribution >= 4 is 64.5 Å². The van der Waals surface area contributed by atoms with Crippen molar-refractivity contribution in [1.29, 1.82) is 0 Å². The van der Waals surface area contributed by atoms with E-state index in [1.165, 1.54) is 130 Å². The van der Waals surface area contributed by atoms with Gasteiger partial charge in [-0.3, -0.25) is 0 Å². The van der Waals surface area contributed by atoms with Gasteiger partial charge in [0.15, 0.2) is 0 Å². The predicted molar refractivity (Wildman–Crippen MR) is 264 cm³/mol. The summed E-state index contributed by atoms with van der Waals surface area (Å²) in [6.07, 6.45) is 0. The molecule has 0 fully saturated rings. The third-order valence-corrected chi connectivity index (χ3v) is 15.3. The fraction of sp³-hybridized carbons (Fsp3) is 0.0164. The Hall–Kier alpha value is -7.58. The lowest BCUT2D eigenvalue weighted by Crippen LogP contribution is -2.25. The minimum atomic E-state index is -0.458. The zero-order valence-corrected chi connectivity index (χ0v) is 34.5. The Morgan fingerprint density at radius 3 is 1.61 bits per heavy atom. The van der Waals surface area contributed by atoms with Crippen molar-refractivity contribution in [2.24, 2.45) is 0 Å². The summed E-state index contributed by atoms with van der Waals surface area (Å²) in [6.45, 7) is 0. The van der Waals surface area contributed by atoms with Gasteiger partial charge in [0.2, 0.25) is 0 Å². The van der Waals surface area contributed by atoms with Gasteiger partial charge in [0, 0.05) is 9.58 Å². The van der Waals surface area contributed by atoms with E-state index < -0.39 is 5.41 Å². The van der Waals surface area contributed by atoms with Gasteiger partial charge in [-0.15, -0.1) is 11.3 Å². The maximum Gasteiger partial charge on any atom is 0.0740 e. The summed E-state index contributed by atoms with van der Waals surface area (Å²) in [5.74, 6) is 0. The van der Waals surface area contributed by atoms with Gasteiger partial charge in [0.25, 0.3) is 0 Å². The number of thiophene rings is 1. The number of rotatable bonds is 3. The molecule has 1 spiro atoms. The molecule has 0 nitrogen and oxygen atoms in total. The molecule has 0 saturated carbocycles.